The fourth-order valence-electron chi connectivity index (χ4n) is 0.360. The summed E-state index contributed by atoms with van der Waals surface area (Å²) in [4.78, 5) is 10.6. The second-order valence-electron chi connectivity index (χ2n) is 2.11. The molecule has 54 valence electrons. The topological polar surface area (TPSA) is 29.1 Å². The zero-order chi connectivity index (χ0) is 7.28. The molecule has 0 aromatic carbocycles. The van der Waals surface area contributed by atoms with E-state index in [0.717, 1.165) is 0 Å². The van der Waals surface area contributed by atoms with Gasteiger partial charge >= 0.3 is 0 Å². The van der Waals surface area contributed by atoms with E-state index in [1.165, 1.54) is 11.8 Å². The monoisotopic (exact) mass is 147 g/mol. The molecule has 0 saturated heterocycles. The molecule has 0 heterocycles. The molecule has 9 heavy (non-hydrogen) atoms. The molecule has 0 rings (SSSR count). The number of nitrogens with one attached hydrogen (secondary N) is 1. The lowest BCUT2D eigenvalue weighted by molar-refractivity contribution is -0.110. The maximum Gasteiger partial charge on any atom is 0.202 e. The lowest BCUT2D eigenvalue weighted by Gasteiger charge is -2.04. The van der Waals surface area contributed by atoms with Gasteiger partial charge in [-0.15, -0.1) is 0 Å². The van der Waals surface area contributed by atoms with Crippen LogP contribution in [0.1, 0.15) is 13.8 Å². The molecule has 0 fully saturated rings. The smallest absolute Gasteiger partial charge is 0.202 e. The highest BCUT2D eigenvalue weighted by Crippen LogP contribution is 1.91. The van der Waals surface area contributed by atoms with E-state index in [-0.39, 0.29) is 5.12 Å². The predicted molar refractivity (Wildman–Crippen MR) is 41.7 cm³/mol. The third kappa shape index (κ3) is 5.86. The van der Waals surface area contributed by atoms with E-state index in [2.05, 4.69) is 5.32 Å². The Kier molecular flexibility index (Phi) is 4.81. The average molecular weight is 147 g/mol. The van der Waals surface area contributed by atoms with Crippen molar-refractivity contribution in [2.75, 3.05) is 12.8 Å². The lowest BCUT2D eigenvalue weighted by Crippen LogP contribution is -2.27. The number of rotatable bonds is 3. The highest BCUT2D eigenvalue weighted by atomic mass is 32.2. The summed E-state index contributed by atoms with van der Waals surface area (Å²) in [7, 11) is 0. The highest BCUT2D eigenvalue weighted by molar-refractivity contribution is 8.13. The summed E-state index contributed by atoms with van der Waals surface area (Å²) in [6.45, 7) is 4.53. The number of hydrogen-bond acceptors (Lipinski definition) is 3. The third-order valence-corrected chi connectivity index (χ3v) is 1.48. The molecule has 0 aliphatic heterocycles. The van der Waals surface area contributed by atoms with Gasteiger partial charge in [0.05, 0.1) is 6.54 Å². The van der Waals surface area contributed by atoms with Crippen molar-refractivity contribution in [2.45, 2.75) is 19.9 Å². The van der Waals surface area contributed by atoms with Crippen LogP contribution in [0.15, 0.2) is 0 Å². The minimum atomic E-state index is 0.198. The first-order valence-corrected chi connectivity index (χ1v) is 4.19. The zero-order valence-electron chi connectivity index (χ0n) is 6.10. The Hall–Kier alpha value is -0.0200. The van der Waals surface area contributed by atoms with Crippen molar-refractivity contribution in [2.24, 2.45) is 0 Å². The largest absolute Gasteiger partial charge is 0.307 e. The summed E-state index contributed by atoms with van der Waals surface area (Å²) in [5.74, 6) is 0. The van der Waals surface area contributed by atoms with Crippen LogP contribution in [0, 0.1) is 0 Å². The van der Waals surface area contributed by atoms with E-state index < -0.39 is 0 Å². The SMILES string of the molecule is CSC(=O)CNC(C)C. The first kappa shape index (κ1) is 8.98. The molecular weight excluding hydrogens is 134 g/mol. The van der Waals surface area contributed by atoms with Crippen molar-refractivity contribution >= 4 is 16.9 Å². The first-order valence-electron chi connectivity index (χ1n) is 2.97. The van der Waals surface area contributed by atoms with Gasteiger partial charge in [-0.2, -0.15) is 0 Å². The molecule has 3 heteroatoms. The molecule has 0 radical (unpaired) electrons. The molecule has 0 bridgehead atoms. The van der Waals surface area contributed by atoms with Crippen molar-refractivity contribution in [3.63, 3.8) is 0 Å². The van der Waals surface area contributed by atoms with E-state index in [4.69, 9.17) is 0 Å². The Morgan fingerprint density at radius 2 is 2.22 bits per heavy atom. The minimum Gasteiger partial charge on any atom is -0.307 e. The van der Waals surface area contributed by atoms with Crippen LogP contribution in [0.5, 0.6) is 0 Å². The lowest BCUT2D eigenvalue weighted by atomic mass is 10.4. The van der Waals surface area contributed by atoms with Crippen molar-refractivity contribution in [3.05, 3.63) is 0 Å². The standard InChI is InChI=1S/C6H13NOS/c1-5(2)7-4-6(8)9-3/h5,7H,4H2,1-3H3. The Morgan fingerprint density at radius 3 is 2.56 bits per heavy atom. The van der Waals surface area contributed by atoms with Crippen molar-refractivity contribution in [1.82, 2.24) is 5.32 Å². The molecule has 1 N–H and O–H groups in total. The minimum absolute atomic E-state index is 0.198. The van der Waals surface area contributed by atoms with Gasteiger partial charge in [0, 0.05) is 6.04 Å². The van der Waals surface area contributed by atoms with Gasteiger partial charge in [0.1, 0.15) is 0 Å². The molecule has 0 amide bonds. The molecule has 0 atom stereocenters. The van der Waals surface area contributed by atoms with Crippen LogP contribution in [0.4, 0.5) is 0 Å². The molecule has 0 unspecified atom stereocenters. The zero-order valence-corrected chi connectivity index (χ0v) is 6.92. The van der Waals surface area contributed by atoms with Gasteiger partial charge in [-0.1, -0.05) is 25.6 Å². The fourth-order valence-corrected chi connectivity index (χ4v) is 0.587. The summed E-state index contributed by atoms with van der Waals surface area (Å²) in [6.07, 6.45) is 1.80. The van der Waals surface area contributed by atoms with E-state index >= 15 is 0 Å². The van der Waals surface area contributed by atoms with E-state index in [9.17, 15) is 4.79 Å². The van der Waals surface area contributed by atoms with E-state index in [0.29, 0.717) is 12.6 Å². The van der Waals surface area contributed by atoms with Gasteiger partial charge in [0.2, 0.25) is 5.12 Å². The third-order valence-electron chi connectivity index (χ3n) is 0.882. The highest BCUT2D eigenvalue weighted by Gasteiger charge is 1.97. The average Bonchev–Trinajstić information content (AvgIpc) is 1.83. The summed E-state index contributed by atoms with van der Waals surface area (Å²) >= 11 is 1.27. The second kappa shape index (κ2) is 4.82. The van der Waals surface area contributed by atoms with Gasteiger partial charge in [-0.3, -0.25) is 4.79 Å². The van der Waals surface area contributed by atoms with Crippen molar-refractivity contribution in [1.29, 1.82) is 0 Å². The predicted octanol–water partition coefficient (Wildman–Crippen LogP) is 0.874. The molecule has 0 aromatic rings. The quantitative estimate of drug-likeness (QED) is 0.642. The van der Waals surface area contributed by atoms with Crippen LogP contribution >= 0.6 is 11.8 Å². The second-order valence-corrected chi connectivity index (χ2v) is 2.98. The molecule has 0 aromatic heterocycles. The van der Waals surface area contributed by atoms with Crippen LogP contribution in [0.3, 0.4) is 0 Å². The van der Waals surface area contributed by atoms with Gasteiger partial charge in [0.15, 0.2) is 0 Å². The summed E-state index contributed by atoms with van der Waals surface area (Å²) in [5, 5.41) is 3.22. The Bertz CT molecular complexity index is 93.1. The maximum absolute atomic E-state index is 10.6. The maximum atomic E-state index is 10.6. The molecule has 2 nitrogen and oxygen atoms in total. The Labute approximate surface area is 60.4 Å². The summed E-state index contributed by atoms with van der Waals surface area (Å²) in [6, 6.07) is 0.404. The van der Waals surface area contributed by atoms with E-state index in [1.54, 1.807) is 6.26 Å². The van der Waals surface area contributed by atoms with Crippen LogP contribution in [0.2, 0.25) is 0 Å². The summed E-state index contributed by atoms with van der Waals surface area (Å²) < 4.78 is 0. The normalized spacial score (nSPS) is 10.2. The Morgan fingerprint density at radius 1 is 1.67 bits per heavy atom. The number of carbonyl (C=O) groups excluding carboxylic acids is 1. The van der Waals surface area contributed by atoms with Crippen LogP contribution < -0.4 is 5.32 Å². The molecule has 0 aliphatic carbocycles. The summed E-state index contributed by atoms with van der Waals surface area (Å²) in [5.41, 5.74) is 0. The Balaban J connectivity index is 3.17. The fraction of sp³-hybridized carbons (Fsp3) is 0.833. The van der Waals surface area contributed by atoms with Gasteiger partial charge in [-0.25, -0.2) is 0 Å². The van der Waals surface area contributed by atoms with Crippen LogP contribution in [-0.4, -0.2) is 24.0 Å². The number of carbonyl (C=O) groups is 1. The van der Waals surface area contributed by atoms with Gasteiger partial charge in [0.25, 0.3) is 0 Å². The van der Waals surface area contributed by atoms with Gasteiger partial charge in [-0.05, 0) is 6.26 Å². The van der Waals surface area contributed by atoms with Crippen LogP contribution in [0.25, 0.3) is 0 Å². The molecule has 0 saturated carbocycles. The first-order chi connectivity index (χ1) is 4.16. The van der Waals surface area contributed by atoms with Crippen molar-refractivity contribution < 1.29 is 4.79 Å². The van der Waals surface area contributed by atoms with Crippen molar-refractivity contribution in [3.8, 4) is 0 Å². The molecule has 0 spiro atoms. The number of hydrogen-bond donors (Lipinski definition) is 1. The number of thioether (sulfide) groups is 1. The van der Waals surface area contributed by atoms with Crippen LogP contribution in [-0.2, 0) is 4.79 Å². The van der Waals surface area contributed by atoms with E-state index in [1.807, 2.05) is 13.8 Å². The molecule has 0 aliphatic rings. The molecular formula is C6H13NOS. The van der Waals surface area contributed by atoms with Gasteiger partial charge < -0.3 is 5.32 Å².